The molecule has 1 aromatic carbocycles. The van der Waals surface area contributed by atoms with E-state index in [9.17, 15) is 4.79 Å². The van der Waals surface area contributed by atoms with Gasteiger partial charge in [0.15, 0.2) is 0 Å². The number of carbonyl (C=O) groups is 1. The maximum absolute atomic E-state index is 12.2. The Morgan fingerprint density at radius 3 is 2.11 bits per heavy atom. The van der Waals surface area contributed by atoms with Gasteiger partial charge in [-0.25, -0.2) is 0 Å². The van der Waals surface area contributed by atoms with E-state index in [4.69, 9.17) is 5.26 Å². The van der Waals surface area contributed by atoms with Crippen LogP contribution in [0.3, 0.4) is 0 Å². The van der Waals surface area contributed by atoms with E-state index in [1.165, 1.54) is 0 Å². The van der Waals surface area contributed by atoms with Gasteiger partial charge in [0.25, 0.3) is 0 Å². The summed E-state index contributed by atoms with van der Waals surface area (Å²) in [4.78, 5) is 13.8. The molecule has 96 valence electrons. The molecule has 0 bridgehead atoms. The van der Waals surface area contributed by atoms with E-state index >= 15 is 0 Å². The molecule has 18 heavy (non-hydrogen) atoms. The molecule has 0 saturated carbocycles. The second-order valence-corrected chi connectivity index (χ2v) is 5.09. The molecule has 0 heterocycles. The molecule has 1 atom stereocenters. The lowest BCUT2D eigenvalue weighted by Gasteiger charge is -2.22. The number of amides is 1. The van der Waals surface area contributed by atoms with Gasteiger partial charge in [0.1, 0.15) is 5.92 Å². The van der Waals surface area contributed by atoms with Crippen LogP contribution in [-0.4, -0.2) is 13.0 Å². The molecule has 0 aliphatic carbocycles. The highest BCUT2D eigenvalue weighted by Crippen LogP contribution is 2.21. The number of aryl methyl sites for hydroxylation is 2. The first-order valence-corrected chi connectivity index (χ1v) is 6.12. The average Bonchev–Trinajstić information content (AvgIpc) is 2.26. The van der Waals surface area contributed by atoms with Gasteiger partial charge in [-0.15, -0.1) is 0 Å². The van der Waals surface area contributed by atoms with E-state index in [-0.39, 0.29) is 11.8 Å². The van der Waals surface area contributed by atoms with Crippen molar-refractivity contribution in [3.05, 3.63) is 29.3 Å². The van der Waals surface area contributed by atoms with Crippen molar-refractivity contribution in [2.75, 3.05) is 11.9 Å². The van der Waals surface area contributed by atoms with Crippen LogP contribution in [0.4, 0.5) is 5.69 Å². The molecule has 0 aliphatic heterocycles. The number of anilines is 1. The molecule has 3 nitrogen and oxygen atoms in total. The monoisotopic (exact) mass is 244 g/mol. The Hall–Kier alpha value is -1.82. The van der Waals surface area contributed by atoms with Crippen LogP contribution in [0.15, 0.2) is 18.2 Å². The Kier molecular flexibility index (Phi) is 4.49. The zero-order chi connectivity index (χ0) is 13.9. The molecule has 0 saturated heterocycles. The highest BCUT2D eigenvalue weighted by molar-refractivity contribution is 5.96. The largest absolute Gasteiger partial charge is 0.314 e. The van der Waals surface area contributed by atoms with Crippen molar-refractivity contribution in [1.82, 2.24) is 0 Å². The Morgan fingerprint density at radius 2 is 1.72 bits per heavy atom. The summed E-state index contributed by atoms with van der Waals surface area (Å²) in [5.41, 5.74) is 3.07. The van der Waals surface area contributed by atoms with Crippen LogP contribution < -0.4 is 4.90 Å². The van der Waals surface area contributed by atoms with Gasteiger partial charge in [-0.2, -0.15) is 5.26 Å². The van der Waals surface area contributed by atoms with E-state index < -0.39 is 5.92 Å². The summed E-state index contributed by atoms with van der Waals surface area (Å²) in [6.45, 7) is 7.78. The molecular weight excluding hydrogens is 224 g/mol. The SMILES string of the molecule is Cc1cc(C)cc(N(C)C(=O)C(C#N)C(C)C)c1. The highest BCUT2D eigenvalue weighted by atomic mass is 16.2. The molecular formula is C15H20N2O. The second-order valence-electron chi connectivity index (χ2n) is 5.09. The average molecular weight is 244 g/mol. The third-order valence-corrected chi connectivity index (χ3v) is 3.00. The third kappa shape index (κ3) is 3.10. The summed E-state index contributed by atoms with van der Waals surface area (Å²) in [5, 5.41) is 9.07. The van der Waals surface area contributed by atoms with E-state index in [1.54, 1.807) is 11.9 Å². The smallest absolute Gasteiger partial charge is 0.244 e. The number of rotatable bonds is 3. The molecule has 1 rings (SSSR count). The van der Waals surface area contributed by atoms with Gasteiger partial charge in [0.2, 0.25) is 5.91 Å². The topological polar surface area (TPSA) is 44.1 Å². The normalized spacial score (nSPS) is 12.1. The van der Waals surface area contributed by atoms with Crippen LogP contribution in [0.1, 0.15) is 25.0 Å². The van der Waals surface area contributed by atoms with Gasteiger partial charge in [0.05, 0.1) is 6.07 Å². The number of hydrogen-bond donors (Lipinski definition) is 0. The molecule has 0 fully saturated rings. The predicted molar refractivity (Wildman–Crippen MR) is 73.3 cm³/mol. The van der Waals surface area contributed by atoms with Crippen LogP contribution >= 0.6 is 0 Å². The van der Waals surface area contributed by atoms with Crippen molar-refractivity contribution in [3.63, 3.8) is 0 Å². The third-order valence-electron chi connectivity index (χ3n) is 3.00. The minimum Gasteiger partial charge on any atom is -0.314 e. The van der Waals surface area contributed by atoms with Crippen molar-refractivity contribution < 1.29 is 4.79 Å². The first-order valence-electron chi connectivity index (χ1n) is 6.12. The number of nitriles is 1. The van der Waals surface area contributed by atoms with Crippen LogP contribution in [0.2, 0.25) is 0 Å². The Bertz CT molecular complexity index is 466. The van der Waals surface area contributed by atoms with E-state index in [0.29, 0.717) is 0 Å². The summed E-state index contributed by atoms with van der Waals surface area (Å²) in [6.07, 6.45) is 0. The lowest BCUT2D eigenvalue weighted by Crippen LogP contribution is -2.34. The summed E-state index contributed by atoms with van der Waals surface area (Å²) in [7, 11) is 1.73. The number of nitrogens with zero attached hydrogens (tertiary/aromatic N) is 2. The molecule has 0 aromatic heterocycles. The molecule has 0 spiro atoms. The van der Waals surface area contributed by atoms with Gasteiger partial charge in [0, 0.05) is 12.7 Å². The van der Waals surface area contributed by atoms with Crippen LogP contribution in [0.25, 0.3) is 0 Å². The molecule has 0 radical (unpaired) electrons. The zero-order valence-corrected chi connectivity index (χ0v) is 11.7. The van der Waals surface area contributed by atoms with Crippen molar-refractivity contribution in [2.45, 2.75) is 27.7 Å². The van der Waals surface area contributed by atoms with Gasteiger partial charge in [-0.05, 0) is 43.0 Å². The summed E-state index contributed by atoms with van der Waals surface area (Å²) in [5.74, 6) is -0.704. The molecule has 1 amide bonds. The molecule has 1 aromatic rings. The maximum atomic E-state index is 12.2. The zero-order valence-electron chi connectivity index (χ0n) is 11.7. The van der Waals surface area contributed by atoms with Gasteiger partial charge in [-0.1, -0.05) is 19.9 Å². The highest BCUT2D eigenvalue weighted by Gasteiger charge is 2.25. The standard InChI is InChI=1S/C15H20N2O/c1-10(2)14(9-16)15(18)17(5)13-7-11(3)6-12(4)8-13/h6-8,10,14H,1-5H3. The molecule has 0 N–H and O–H groups in total. The molecule has 0 aliphatic rings. The first kappa shape index (κ1) is 14.2. The Labute approximate surface area is 109 Å². The fourth-order valence-electron chi connectivity index (χ4n) is 1.97. The minimum absolute atomic E-state index is 0.0239. The fraction of sp³-hybridized carbons (Fsp3) is 0.467. The number of benzene rings is 1. The Balaban J connectivity index is 3.03. The van der Waals surface area contributed by atoms with Crippen LogP contribution in [0.5, 0.6) is 0 Å². The summed E-state index contributed by atoms with van der Waals surface area (Å²) >= 11 is 0. The Morgan fingerprint density at radius 1 is 1.22 bits per heavy atom. The van der Waals surface area contributed by atoms with E-state index in [1.807, 2.05) is 39.8 Å². The van der Waals surface area contributed by atoms with Crippen LogP contribution in [-0.2, 0) is 4.79 Å². The first-order chi connectivity index (χ1) is 8.36. The van der Waals surface area contributed by atoms with Crippen molar-refractivity contribution in [1.29, 1.82) is 5.26 Å². The van der Waals surface area contributed by atoms with Gasteiger partial charge < -0.3 is 4.90 Å². The summed E-state index contributed by atoms with van der Waals surface area (Å²) in [6, 6.07) is 8.07. The number of hydrogen-bond acceptors (Lipinski definition) is 2. The molecule has 3 heteroatoms. The van der Waals surface area contributed by atoms with E-state index in [0.717, 1.165) is 16.8 Å². The lowest BCUT2D eigenvalue weighted by molar-refractivity contribution is -0.121. The van der Waals surface area contributed by atoms with Crippen molar-refractivity contribution in [3.8, 4) is 6.07 Å². The lowest BCUT2D eigenvalue weighted by atomic mass is 9.96. The van der Waals surface area contributed by atoms with Crippen LogP contribution in [0, 0.1) is 37.0 Å². The minimum atomic E-state index is -0.587. The maximum Gasteiger partial charge on any atom is 0.244 e. The second kappa shape index (κ2) is 5.68. The van der Waals surface area contributed by atoms with Gasteiger partial charge in [-0.3, -0.25) is 4.79 Å². The van der Waals surface area contributed by atoms with E-state index in [2.05, 4.69) is 12.1 Å². The summed E-state index contributed by atoms with van der Waals surface area (Å²) < 4.78 is 0. The molecule has 1 unspecified atom stereocenters. The quantitative estimate of drug-likeness (QED) is 0.820. The van der Waals surface area contributed by atoms with Crippen molar-refractivity contribution in [2.24, 2.45) is 11.8 Å². The van der Waals surface area contributed by atoms with Gasteiger partial charge >= 0.3 is 0 Å². The fourth-order valence-corrected chi connectivity index (χ4v) is 1.97. The predicted octanol–water partition coefficient (Wildman–Crippen LogP) is 3.06. The number of carbonyl (C=O) groups excluding carboxylic acids is 1. The van der Waals surface area contributed by atoms with Crippen molar-refractivity contribution >= 4 is 11.6 Å².